The van der Waals surface area contributed by atoms with E-state index in [4.69, 9.17) is 0 Å². The summed E-state index contributed by atoms with van der Waals surface area (Å²) in [7, 11) is -5.26. The quantitative estimate of drug-likeness (QED) is 0.837. The van der Waals surface area contributed by atoms with Crippen molar-refractivity contribution in [1.82, 2.24) is 5.32 Å². The molecule has 1 aromatic rings. The minimum Gasteiger partial charge on any atom is -0.314 e. The van der Waals surface area contributed by atoms with Crippen LogP contribution in [0, 0.1) is 0 Å². The lowest BCUT2D eigenvalue weighted by Crippen LogP contribution is -2.31. The highest BCUT2D eigenvalue weighted by Gasteiger charge is 2.46. The lowest BCUT2D eigenvalue weighted by molar-refractivity contribution is -0.0436. The minimum atomic E-state index is -5.26. The monoisotopic (exact) mass is 323 g/mol. The van der Waals surface area contributed by atoms with Gasteiger partial charge in [-0.15, -0.1) is 0 Å². The van der Waals surface area contributed by atoms with Crippen LogP contribution in [0.3, 0.4) is 0 Å². The second-order valence-corrected chi connectivity index (χ2v) is 6.80. The van der Waals surface area contributed by atoms with Crippen LogP contribution in [0.4, 0.5) is 13.2 Å². The number of hydrogen-bond acceptors (Lipinski definition) is 3. The summed E-state index contributed by atoms with van der Waals surface area (Å²) in [6.45, 7) is 4.95. The van der Waals surface area contributed by atoms with E-state index in [1.807, 2.05) is 6.92 Å². The van der Waals surface area contributed by atoms with Gasteiger partial charge in [0.15, 0.2) is 0 Å². The summed E-state index contributed by atoms with van der Waals surface area (Å²) in [5.74, 6) is 0. The van der Waals surface area contributed by atoms with Crippen LogP contribution in [0.25, 0.3) is 0 Å². The van der Waals surface area contributed by atoms with Crippen LogP contribution in [0.1, 0.15) is 32.3 Å². The summed E-state index contributed by atoms with van der Waals surface area (Å²) >= 11 is 0. The van der Waals surface area contributed by atoms with Gasteiger partial charge in [-0.25, -0.2) is 8.42 Å². The molecular weight excluding hydrogens is 303 g/mol. The first-order chi connectivity index (χ1) is 9.72. The van der Waals surface area contributed by atoms with Crippen molar-refractivity contribution in [2.45, 2.75) is 49.6 Å². The van der Waals surface area contributed by atoms with Gasteiger partial charge in [0.2, 0.25) is 0 Å². The maximum Gasteiger partial charge on any atom is 0.501 e. The van der Waals surface area contributed by atoms with Crippen molar-refractivity contribution in [2.24, 2.45) is 0 Å². The van der Waals surface area contributed by atoms with Gasteiger partial charge in [-0.2, -0.15) is 13.2 Å². The van der Waals surface area contributed by atoms with E-state index in [9.17, 15) is 21.6 Å². The molecule has 0 aromatic heterocycles. The van der Waals surface area contributed by atoms with Crippen molar-refractivity contribution >= 4 is 9.84 Å². The number of benzene rings is 1. The van der Waals surface area contributed by atoms with E-state index < -0.39 is 20.2 Å². The highest BCUT2D eigenvalue weighted by molar-refractivity contribution is 7.92. The molecular formula is C14H20F3NO2S. The van der Waals surface area contributed by atoms with Crippen LogP contribution in [0.2, 0.25) is 0 Å². The third kappa shape index (κ3) is 4.71. The molecule has 1 rings (SSSR count). The van der Waals surface area contributed by atoms with E-state index in [1.54, 1.807) is 0 Å². The van der Waals surface area contributed by atoms with Gasteiger partial charge in [-0.1, -0.05) is 26.0 Å². The molecule has 0 heterocycles. The minimum absolute atomic E-state index is 0.232. The molecule has 0 aliphatic carbocycles. The SMILES string of the molecule is CCCNC(CC)Cc1ccc(S(=O)(=O)C(F)(F)F)cc1. The van der Waals surface area contributed by atoms with Crippen LogP contribution < -0.4 is 5.32 Å². The topological polar surface area (TPSA) is 46.2 Å². The van der Waals surface area contributed by atoms with Crippen molar-refractivity contribution < 1.29 is 21.6 Å². The first kappa shape index (κ1) is 18.0. The van der Waals surface area contributed by atoms with E-state index >= 15 is 0 Å². The lowest BCUT2D eigenvalue weighted by atomic mass is 10.0. The van der Waals surface area contributed by atoms with Gasteiger partial charge in [0.25, 0.3) is 9.84 Å². The van der Waals surface area contributed by atoms with Gasteiger partial charge in [-0.05, 0) is 43.5 Å². The fourth-order valence-corrected chi connectivity index (χ4v) is 2.69. The highest BCUT2D eigenvalue weighted by atomic mass is 32.2. The van der Waals surface area contributed by atoms with Crippen LogP contribution in [0.5, 0.6) is 0 Å². The van der Waals surface area contributed by atoms with Crippen molar-refractivity contribution in [2.75, 3.05) is 6.54 Å². The molecule has 0 saturated heterocycles. The van der Waals surface area contributed by atoms with Crippen LogP contribution in [-0.4, -0.2) is 26.5 Å². The smallest absolute Gasteiger partial charge is 0.314 e. The molecule has 0 aliphatic heterocycles. The Morgan fingerprint density at radius 1 is 1.14 bits per heavy atom. The molecule has 120 valence electrons. The van der Waals surface area contributed by atoms with Gasteiger partial charge in [0.1, 0.15) is 0 Å². The molecule has 3 nitrogen and oxygen atoms in total. The zero-order chi connectivity index (χ0) is 16.1. The van der Waals surface area contributed by atoms with Crippen molar-refractivity contribution in [3.05, 3.63) is 29.8 Å². The molecule has 1 unspecified atom stereocenters. The number of rotatable bonds is 7. The molecule has 1 N–H and O–H groups in total. The van der Waals surface area contributed by atoms with Crippen LogP contribution in [0.15, 0.2) is 29.2 Å². The second-order valence-electron chi connectivity index (χ2n) is 4.86. The number of hydrogen-bond donors (Lipinski definition) is 1. The molecule has 0 fully saturated rings. The Labute approximate surface area is 123 Å². The normalized spacial score (nSPS) is 14.1. The molecule has 0 aliphatic rings. The number of alkyl halides is 3. The zero-order valence-corrected chi connectivity index (χ0v) is 12.9. The fourth-order valence-electron chi connectivity index (χ4n) is 1.93. The second kappa shape index (κ2) is 7.26. The molecule has 1 atom stereocenters. The standard InChI is InChI=1S/C14H20F3NO2S/c1-3-9-18-12(4-2)10-11-5-7-13(8-6-11)21(19,20)14(15,16)17/h5-8,12,18H,3-4,9-10H2,1-2H3. The molecule has 0 radical (unpaired) electrons. The Morgan fingerprint density at radius 3 is 2.14 bits per heavy atom. The largest absolute Gasteiger partial charge is 0.501 e. The van der Waals surface area contributed by atoms with Gasteiger partial charge in [0, 0.05) is 6.04 Å². The molecule has 21 heavy (non-hydrogen) atoms. The molecule has 7 heteroatoms. The third-order valence-electron chi connectivity index (χ3n) is 3.20. The molecule has 0 spiro atoms. The van der Waals surface area contributed by atoms with Gasteiger partial charge in [0.05, 0.1) is 4.90 Å². The Bertz CT molecular complexity index is 538. The van der Waals surface area contributed by atoms with Crippen LogP contribution in [-0.2, 0) is 16.3 Å². The predicted molar refractivity (Wildman–Crippen MR) is 75.8 cm³/mol. The van der Waals surface area contributed by atoms with Crippen molar-refractivity contribution in [3.8, 4) is 0 Å². The Morgan fingerprint density at radius 2 is 1.71 bits per heavy atom. The average Bonchev–Trinajstić information content (AvgIpc) is 2.42. The number of nitrogens with one attached hydrogen (secondary N) is 1. The molecule has 1 aromatic carbocycles. The van der Waals surface area contributed by atoms with Crippen molar-refractivity contribution in [1.29, 1.82) is 0 Å². The summed E-state index contributed by atoms with van der Waals surface area (Å²) in [5, 5.41) is 3.34. The molecule has 0 bridgehead atoms. The average molecular weight is 323 g/mol. The van der Waals surface area contributed by atoms with E-state index in [2.05, 4.69) is 12.2 Å². The Kier molecular flexibility index (Phi) is 6.22. The molecule has 0 saturated carbocycles. The maximum atomic E-state index is 12.4. The van der Waals surface area contributed by atoms with E-state index in [0.717, 1.165) is 37.1 Å². The van der Waals surface area contributed by atoms with Crippen LogP contribution >= 0.6 is 0 Å². The third-order valence-corrected chi connectivity index (χ3v) is 4.70. The summed E-state index contributed by atoms with van der Waals surface area (Å²) in [6.07, 6.45) is 2.55. The van der Waals surface area contributed by atoms with Gasteiger partial charge in [-0.3, -0.25) is 0 Å². The summed E-state index contributed by atoms with van der Waals surface area (Å²) in [5.41, 5.74) is -4.45. The molecule has 0 amide bonds. The van der Waals surface area contributed by atoms with Crippen molar-refractivity contribution in [3.63, 3.8) is 0 Å². The number of halogens is 3. The first-order valence-electron chi connectivity index (χ1n) is 6.86. The van der Waals surface area contributed by atoms with Gasteiger partial charge < -0.3 is 5.32 Å². The van der Waals surface area contributed by atoms with E-state index in [-0.39, 0.29) is 6.04 Å². The van der Waals surface area contributed by atoms with E-state index in [0.29, 0.717) is 6.42 Å². The highest BCUT2D eigenvalue weighted by Crippen LogP contribution is 2.30. The first-order valence-corrected chi connectivity index (χ1v) is 8.34. The lowest BCUT2D eigenvalue weighted by Gasteiger charge is -2.17. The Hall–Kier alpha value is -1.08. The summed E-state index contributed by atoms with van der Waals surface area (Å²) < 4.78 is 59.8. The van der Waals surface area contributed by atoms with E-state index in [1.165, 1.54) is 12.1 Å². The number of sulfone groups is 1. The summed E-state index contributed by atoms with van der Waals surface area (Å²) in [6, 6.07) is 5.15. The predicted octanol–water partition coefficient (Wildman–Crippen LogP) is 3.30. The fraction of sp³-hybridized carbons (Fsp3) is 0.571. The summed E-state index contributed by atoms with van der Waals surface area (Å²) in [4.78, 5) is -0.715. The zero-order valence-electron chi connectivity index (χ0n) is 12.1. The van der Waals surface area contributed by atoms with Gasteiger partial charge >= 0.3 is 5.51 Å². The Balaban J connectivity index is 2.83. The maximum absolute atomic E-state index is 12.4.